The van der Waals surface area contributed by atoms with Gasteiger partial charge in [-0.05, 0) is 37.3 Å². The number of aromatic nitrogens is 4. The van der Waals surface area contributed by atoms with E-state index in [-0.39, 0.29) is 18.8 Å². The summed E-state index contributed by atoms with van der Waals surface area (Å²) >= 11 is 11.9. The van der Waals surface area contributed by atoms with E-state index in [1.54, 1.807) is 29.6 Å². The SMILES string of the molecule is Cc1ccc2c(c1)c(=O)n(C)c1nnc(COC(=O)COc3ccc(Cl)cc3Cl)n21. The van der Waals surface area contributed by atoms with Gasteiger partial charge in [0.2, 0.25) is 5.78 Å². The van der Waals surface area contributed by atoms with Gasteiger partial charge >= 0.3 is 5.97 Å². The Kier molecular flexibility index (Phi) is 5.36. The highest BCUT2D eigenvalue weighted by atomic mass is 35.5. The number of carbonyl (C=O) groups excluding carboxylic acids is 1. The topological polar surface area (TPSA) is 87.7 Å². The van der Waals surface area contributed by atoms with Crippen molar-refractivity contribution in [3.05, 3.63) is 68.2 Å². The van der Waals surface area contributed by atoms with Crippen LogP contribution < -0.4 is 10.3 Å². The van der Waals surface area contributed by atoms with Gasteiger partial charge in [-0.25, -0.2) is 4.79 Å². The molecule has 0 saturated carbocycles. The third-order valence-corrected chi connectivity index (χ3v) is 5.07. The molecule has 2 heterocycles. The Bertz CT molecular complexity index is 1350. The molecular formula is C20H16Cl2N4O4. The number of ether oxygens (including phenoxy) is 2. The fourth-order valence-corrected chi connectivity index (χ4v) is 3.53. The average molecular weight is 447 g/mol. The van der Waals surface area contributed by atoms with Gasteiger partial charge in [0.25, 0.3) is 5.56 Å². The van der Waals surface area contributed by atoms with Crippen LogP contribution in [0, 0.1) is 6.92 Å². The molecule has 10 heteroatoms. The van der Waals surface area contributed by atoms with Crippen molar-refractivity contribution in [2.24, 2.45) is 7.05 Å². The molecule has 2 aromatic heterocycles. The lowest BCUT2D eigenvalue weighted by Crippen LogP contribution is -2.21. The summed E-state index contributed by atoms with van der Waals surface area (Å²) in [5, 5.41) is 9.43. The Morgan fingerprint density at radius 1 is 1.13 bits per heavy atom. The summed E-state index contributed by atoms with van der Waals surface area (Å²) in [5.41, 5.74) is 1.42. The normalized spacial score (nSPS) is 11.2. The van der Waals surface area contributed by atoms with Gasteiger partial charge in [0.15, 0.2) is 19.0 Å². The molecule has 0 saturated heterocycles. The second-order valence-corrected chi connectivity index (χ2v) is 7.50. The molecule has 30 heavy (non-hydrogen) atoms. The van der Waals surface area contributed by atoms with E-state index in [2.05, 4.69) is 10.2 Å². The maximum Gasteiger partial charge on any atom is 0.344 e. The molecule has 0 aliphatic carbocycles. The van der Waals surface area contributed by atoms with Gasteiger partial charge in [-0.2, -0.15) is 0 Å². The molecular weight excluding hydrogens is 431 g/mol. The first-order valence-corrected chi connectivity index (χ1v) is 9.67. The van der Waals surface area contributed by atoms with E-state index in [0.29, 0.717) is 38.3 Å². The number of carbonyl (C=O) groups is 1. The molecule has 0 amide bonds. The lowest BCUT2D eigenvalue weighted by molar-refractivity contribution is -0.147. The zero-order valence-corrected chi connectivity index (χ0v) is 17.6. The molecule has 0 unspecified atom stereocenters. The molecule has 4 rings (SSSR count). The molecule has 154 valence electrons. The van der Waals surface area contributed by atoms with E-state index in [4.69, 9.17) is 32.7 Å². The highest BCUT2D eigenvalue weighted by Crippen LogP contribution is 2.27. The zero-order chi connectivity index (χ0) is 21.4. The highest BCUT2D eigenvalue weighted by Gasteiger charge is 2.16. The molecule has 8 nitrogen and oxygen atoms in total. The van der Waals surface area contributed by atoms with Crippen LogP contribution in [0.25, 0.3) is 16.7 Å². The fraction of sp³-hybridized carbons (Fsp3) is 0.200. The summed E-state index contributed by atoms with van der Waals surface area (Å²) in [6, 6.07) is 10.2. The van der Waals surface area contributed by atoms with Crippen LogP contribution in [0.2, 0.25) is 10.0 Å². The number of esters is 1. The molecule has 0 bridgehead atoms. The van der Waals surface area contributed by atoms with Gasteiger partial charge in [-0.3, -0.25) is 13.8 Å². The summed E-state index contributed by atoms with van der Waals surface area (Å²) in [7, 11) is 1.62. The number of hydrogen-bond donors (Lipinski definition) is 0. The van der Waals surface area contributed by atoms with Crippen LogP contribution in [0.3, 0.4) is 0 Å². The summed E-state index contributed by atoms with van der Waals surface area (Å²) in [6.07, 6.45) is 0. The molecule has 4 aromatic rings. The van der Waals surface area contributed by atoms with Gasteiger partial charge in [-0.1, -0.05) is 34.8 Å². The Balaban J connectivity index is 1.55. The summed E-state index contributed by atoms with van der Waals surface area (Å²) in [6.45, 7) is 1.43. The van der Waals surface area contributed by atoms with Crippen LogP contribution in [0.4, 0.5) is 0 Å². The first kappa shape index (κ1) is 20.2. The minimum Gasteiger partial charge on any atom is -0.480 e. The van der Waals surface area contributed by atoms with Crippen LogP contribution in [0.5, 0.6) is 5.75 Å². The predicted molar refractivity (Wildman–Crippen MR) is 112 cm³/mol. The van der Waals surface area contributed by atoms with Gasteiger partial charge < -0.3 is 9.47 Å². The van der Waals surface area contributed by atoms with Crippen molar-refractivity contribution < 1.29 is 14.3 Å². The van der Waals surface area contributed by atoms with E-state index in [0.717, 1.165) is 5.56 Å². The van der Waals surface area contributed by atoms with E-state index in [1.165, 1.54) is 10.6 Å². The lowest BCUT2D eigenvalue weighted by atomic mass is 10.1. The number of aryl methyl sites for hydroxylation is 2. The van der Waals surface area contributed by atoms with Gasteiger partial charge in [0, 0.05) is 12.1 Å². The van der Waals surface area contributed by atoms with Crippen molar-refractivity contribution in [3.63, 3.8) is 0 Å². The van der Waals surface area contributed by atoms with E-state index < -0.39 is 5.97 Å². The van der Waals surface area contributed by atoms with E-state index in [9.17, 15) is 9.59 Å². The van der Waals surface area contributed by atoms with Crippen molar-refractivity contribution in [2.75, 3.05) is 6.61 Å². The molecule has 0 aliphatic heterocycles. The summed E-state index contributed by atoms with van der Waals surface area (Å²) in [4.78, 5) is 24.7. The Morgan fingerprint density at radius 3 is 2.70 bits per heavy atom. The van der Waals surface area contributed by atoms with Crippen molar-refractivity contribution in [2.45, 2.75) is 13.5 Å². The summed E-state index contributed by atoms with van der Waals surface area (Å²) in [5.74, 6) is 0.448. The minimum atomic E-state index is -0.609. The first-order valence-electron chi connectivity index (χ1n) is 8.92. The molecule has 0 spiro atoms. The number of halogens is 2. The molecule has 0 radical (unpaired) electrons. The van der Waals surface area contributed by atoms with E-state index >= 15 is 0 Å². The van der Waals surface area contributed by atoms with Crippen molar-refractivity contribution in [3.8, 4) is 5.75 Å². The molecule has 0 fully saturated rings. The summed E-state index contributed by atoms with van der Waals surface area (Å²) < 4.78 is 13.8. The Labute approximate surface area is 180 Å². The van der Waals surface area contributed by atoms with Crippen molar-refractivity contribution >= 4 is 45.9 Å². The fourth-order valence-electron chi connectivity index (χ4n) is 3.07. The van der Waals surface area contributed by atoms with Crippen molar-refractivity contribution in [1.29, 1.82) is 0 Å². The van der Waals surface area contributed by atoms with Gasteiger partial charge in [0.1, 0.15) is 5.75 Å². The number of hydrogen-bond acceptors (Lipinski definition) is 6. The molecule has 0 N–H and O–H groups in total. The van der Waals surface area contributed by atoms with Gasteiger partial charge in [0.05, 0.1) is 15.9 Å². The largest absolute Gasteiger partial charge is 0.480 e. The minimum absolute atomic E-state index is 0.140. The maximum absolute atomic E-state index is 12.6. The second-order valence-electron chi connectivity index (χ2n) is 6.66. The van der Waals surface area contributed by atoms with E-state index in [1.807, 2.05) is 19.1 Å². The number of fused-ring (bicyclic) bond motifs is 3. The third-order valence-electron chi connectivity index (χ3n) is 4.54. The van der Waals surface area contributed by atoms with Gasteiger partial charge in [-0.15, -0.1) is 10.2 Å². The number of benzene rings is 2. The Morgan fingerprint density at radius 2 is 1.93 bits per heavy atom. The van der Waals surface area contributed by atoms with Crippen molar-refractivity contribution in [1.82, 2.24) is 19.2 Å². The van der Waals surface area contributed by atoms with Crippen LogP contribution in [0.15, 0.2) is 41.2 Å². The average Bonchev–Trinajstić information content (AvgIpc) is 3.14. The third kappa shape index (κ3) is 3.71. The number of nitrogens with zero attached hydrogens (tertiary/aromatic N) is 4. The molecule has 0 atom stereocenters. The maximum atomic E-state index is 12.6. The lowest BCUT2D eigenvalue weighted by Gasteiger charge is -2.10. The molecule has 2 aromatic carbocycles. The van der Waals surface area contributed by atoms with Crippen LogP contribution in [-0.4, -0.2) is 31.7 Å². The quantitative estimate of drug-likeness (QED) is 0.437. The predicted octanol–water partition coefficient (Wildman–Crippen LogP) is 3.32. The highest BCUT2D eigenvalue weighted by molar-refractivity contribution is 6.35. The van der Waals surface area contributed by atoms with Crippen LogP contribution >= 0.6 is 23.2 Å². The van der Waals surface area contributed by atoms with Crippen LogP contribution in [-0.2, 0) is 23.2 Å². The number of rotatable bonds is 5. The van der Waals surface area contributed by atoms with Crippen LogP contribution in [0.1, 0.15) is 11.4 Å². The standard InChI is InChI=1S/C20H16Cl2N4O4/c1-11-3-5-15-13(7-11)19(28)25(2)20-24-23-17(26(15)20)9-30-18(27)10-29-16-6-4-12(21)8-14(16)22/h3-8H,9-10H2,1-2H3. The first-order chi connectivity index (χ1) is 14.3. The molecule has 0 aliphatic rings. The zero-order valence-electron chi connectivity index (χ0n) is 16.1. The second kappa shape index (κ2) is 7.97. The monoisotopic (exact) mass is 446 g/mol. The smallest absolute Gasteiger partial charge is 0.344 e. The Hall–Kier alpha value is -3.10.